The van der Waals surface area contributed by atoms with Gasteiger partial charge in [0.1, 0.15) is 5.75 Å². The number of halogens is 1. The Morgan fingerprint density at radius 1 is 1.08 bits per heavy atom. The van der Waals surface area contributed by atoms with E-state index in [0.717, 1.165) is 10.0 Å². The molecule has 0 fully saturated rings. The zero-order chi connectivity index (χ0) is 19.3. The number of sulfonamides is 1. The maximum Gasteiger partial charge on any atom is 0.329 e. The monoisotopic (exact) mass is 440 g/mol. The molecule has 0 saturated heterocycles. The van der Waals surface area contributed by atoms with Gasteiger partial charge in [-0.05, 0) is 51.1 Å². The second-order valence-corrected chi connectivity index (χ2v) is 8.56. The molecule has 2 aromatic carbocycles. The van der Waals surface area contributed by atoms with Gasteiger partial charge >= 0.3 is 6.03 Å². The van der Waals surface area contributed by atoms with Crippen molar-refractivity contribution >= 4 is 32.0 Å². The van der Waals surface area contributed by atoms with Gasteiger partial charge in [-0.3, -0.25) is 0 Å². The molecule has 0 aliphatic rings. The van der Waals surface area contributed by atoms with Crippen LogP contribution in [0.2, 0.25) is 0 Å². The van der Waals surface area contributed by atoms with Crippen molar-refractivity contribution in [1.29, 1.82) is 0 Å². The fraction of sp³-hybridized carbons (Fsp3) is 0.278. The van der Waals surface area contributed by atoms with Gasteiger partial charge in [0, 0.05) is 10.0 Å². The highest BCUT2D eigenvalue weighted by atomic mass is 79.9. The Labute approximate surface area is 162 Å². The molecular weight excluding hydrogens is 420 g/mol. The number of benzene rings is 2. The number of ether oxygens (including phenoxy) is 1. The summed E-state index contributed by atoms with van der Waals surface area (Å²) in [5, 5.41) is 2.63. The molecule has 0 heterocycles. The van der Waals surface area contributed by atoms with Crippen molar-refractivity contribution in [3.8, 4) is 5.75 Å². The van der Waals surface area contributed by atoms with Crippen LogP contribution in [0.15, 0.2) is 57.9 Å². The molecule has 0 aliphatic carbocycles. The Balaban J connectivity index is 2.13. The summed E-state index contributed by atoms with van der Waals surface area (Å²) in [4.78, 5) is 12.2. The van der Waals surface area contributed by atoms with Gasteiger partial charge in [-0.15, -0.1) is 0 Å². The third-order valence-electron chi connectivity index (χ3n) is 3.43. The zero-order valence-corrected chi connectivity index (χ0v) is 17.1. The van der Waals surface area contributed by atoms with Crippen molar-refractivity contribution < 1.29 is 17.9 Å². The molecule has 2 aromatic rings. The van der Waals surface area contributed by atoms with E-state index < -0.39 is 22.1 Å². The zero-order valence-electron chi connectivity index (χ0n) is 14.7. The molecule has 1 atom stereocenters. The quantitative estimate of drug-likeness (QED) is 0.710. The van der Waals surface area contributed by atoms with Crippen LogP contribution >= 0.6 is 15.9 Å². The predicted molar refractivity (Wildman–Crippen MR) is 104 cm³/mol. The smallest absolute Gasteiger partial charge is 0.329 e. The highest BCUT2D eigenvalue weighted by Crippen LogP contribution is 2.29. The molecule has 1 unspecified atom stereocenters. The Morgan fingerprint density at radius 2 is 1.73 bits per heavy atom. The van der Waals surface area contributed by atoms with Crippen molar-refractivity contribution in [2.45, 2.75) is 37.8 Å². The van der Waals surface area contributed by atoms with Gasteiger partial charge in [0.05, 0.1) is 17.0 Å². The molecule has 0 aliphatic heterocycles. The van der Waals surface area contributed by atoms with Crippen LogP contribution in [-0.4, -0.2) is 20.6 Å². The van der Waals surface area contributed by atoms with E-state index in [1.165, 1.54) is 12.1 Å². The van der Waals surface area contributed by atoms with E-state index in [1.807, 2.05) is 30.7 Å². The van der Waals surface area contributed by atoms with E-state index in [2.05, 4.69) is 21.2 Å². The molecule has 0 bridgehead atoms. The van der Waals surface area contributed by atoms with Crippen LogP contribution in [0.5, 0.6) is 5.75 Å². The highest BCUT2D eigenvalue weighted by Gasteiger charge is 2.20. The number of hydrogen-bond donors (Lipinski definition) is 2. The van der Waals surface area contributed by atoms with Crippen molar-refractivity contribution in [1.82, 2.24) is 10.0 Å². The molecule has 8 heteroatoms. The Morgan fingerprint density at radius 3 is 2.35 bits per heavy atom. The minimum atomic E-state index is -3.93. The average molecular weight is 441 g/mol. The van der Waals surface area contributed by atoms with Crippen molar-refractivity contribution in [2.24, 2.45) is 0 Å². The summed E-state index contributed by atoms with van der Waals surface area (Å²) < 4.78 is 33.1. The summed E-state index contributed by atoms with van der Waals surface area (Å²) in [5.41, 5.74) is 0.736. The molecule has 2 amide bonds. The lowest BCUT2D eigenvalue weighted by atomic mass is 10.1. The van der Waals surface area contributed by atoms with Gasteiger partial charge < -0.3 is 10.1 Å². The summed E-state index contributed by atoms with van der Waals surface area (Å²) in [7, 11) is -3.93. The van der Waals surface area contributed by atoms with Crippen LogP contribution in [0, 0.1) is 0 Å². The van der Waals surface area contributed by atoms with Crippen LogP contribution in [0.3, 0.4) is 0 Å². The number of rotatable bonds is 6. The van der Waals surface area contributed by atoms with Crippen LogP contribution in [0.25, 0.3) is 0 Å². The maximum atomic E-state index is 12.2. The van der Waals surface area contributed by atoms with Crippen molar-refractivity contribution in [3.05, 3.63) is 58.6 Å². The first-order chi connectivity index (χ1) is 12.2. The minimum absolute atomic E-state index is 0.0223. The topological polar surface area (TPSA) is 84.5 Å². The van der Waals surface area contributed by atoms with Gasteiger partial charge in [0.25, 0.3) is 10.0 Å². The summed E-state index contributed by atoms with van der Waals surface area (Å²) in [6, 6.07) is 11.9. The first-order valence-electron chi connectivity index (χ1n) is 8.03. The minimum Gasteiger partial charge on any atom is -0.491 e. The van der Waals surface area contributed by atoms with Gasteiger partial charge in [-0.1, -0.05) is 34.1 Å². The number of nitrogens with one attached hydrogen (secondary N) is 2. The molecule has 2 N–H and O–H groups in total. The number of amides is 2. The number of hydrogen-bond acceptors (Lipinski definition) is 4. The molecule has 6 nitrogen and oxygen atoms in total. The molecule has 140 valence electrons. The first kappa shape index (κ1) is 20.3. The second-order valence-electron chi connectivity index (χ2n) is 5.96. The van der Waals surface area contributed by atoms with E-state index in [0.29, 0.717) is 5.75 Å². The van der Waals surface area contributed by atoms with E-state index in [1.54, 1.807) is 31.2 Å². The number of carbonyl (C=O) groups is 1. The summed E-state index contributed by atoms with van der Waals surface area (Å²) in [6.07, 6.45) is -0.0330. The number of carbonyl (C=O) groups excluding carboxylic acids is 1. The molecular formula is C18H21BrN2O4S. The Kier molecular flexibility index (Phi) is 6.66. The van der Waals surface area contributed by atoms with E-state index in [4.69, 9.17) is 4.74 Å². The van der Waals surface area contributed by atoms with Crippen LogP contribution in [0.4, 0.5) is 4.79 Å². The van der Waals surface area contributed by atoms with Crippen LogP contribution in [0.1, 0.15) is 32.4 Å². The summed E-state index contributed by atoms with van der Waals surface area (Å²) in [6.45, 7) is 5.57. The lowest BCUT2D eigenvalue weighted by Gasteiger charge is -2.20. The van der Waals surface area contributed by atoms with Gasteiger partial charge in [0.2, 0.25) is 0 Å². The second kappa shape index (κ2) is 8.55. The van der Waals surface area contributed by atoms with Crippen LogP contribution < -0.4 is 14.8 Å². The average Bonchev–Trinajstić information content (AvgIpc) is 2.56. The Bertz CT molecular complexity index is 870. The van der Waals surface area contributed by atoms with E-state index in [9.17, 15) is 13.2 Å². The molecule has 0 aromatic heterocycles. The normalized spacial score (nSPS) is 12.5. The van der Waals surface area contributed by atoms with Crippen molar-refractivity contribution in [2.75, 3.05) is 0 Å². The predicted octanol–water partition coefficient (Wildman–Crippen LogP) is 3.99. The van der Waals surface area contributed by atoms with Gasteiger partial charge in [0.15, 0.2) is 0 Å². The molecule has 26 heavy (non-hydrogen) atoms. The molecule has 0 spiro atoms. The molecule has 0 radical (unpaired) electrons. The fourth-order valence-electron chi connectivity index (χ4n) is 2.30. The standard InChI is InChI=1S/C18H21BrN2O4S/c1-12(2)25-17-10-9-14(19)11-16(17)13(3)20-18(22)21-26(23,24)15-7-5-4-6-8-15/h4-13H,1-3H3,(H2,20,21,22). The summed E-state index contributed by atoms with van der Waals surface area (Å²) >= 11 is 3.40. The van der Waals surface area contributed by atoms with E-state index >= 15 is 0 Å². The molecule has 2 rings (SSSR count). The third-order valence-corrected chi connectivity index (χ3v) is 5.27. The highest BCUT2D eigenvalue weighted by molar-refractivity contribution is 9.10. The lowest BCUT2D eigenvalue weighted by Crippen LogP contribution is -2.40. The fourth-order valence-corrected chi connectivity index (χ4v) is 3.62. The summed E-state index contributed by atoms with van der Waals surface area (Å²) in [5.74, 6) is 0.627. The van der Waals surface area contributed by atoms with Gasteiger partial charge in [-0.25, -0.2) is 17.9 Å². The van der Waals surface area contributed by atoms with Gasteiger partial charge in [-0.2, -0.15) is 0 Å². The van der Waals surface area contributed by atoms with Crippen LogP contribution in [-0.2, 0) is 10.0 Å². The first-order valence-corrected chi connectivity index (χ1v) is 10.3. The molecule has 0 saturated carbocycles. The van der Waals surface area contributed by atoms with Crippen molar-refractivity contribution in [3.63, 3.8) is 0 Å². The number of urea groups is 1. The maximum absolute atomic E-state index is 12.2. The lowest BCUT2D eigenvalue weighted by molar-refractivity contribution is 0.234. The Hall–Kier alpha value is -2.06. The third kappa shape index (κ3) is 5.47. The van der Waals surface area contributed by atoms with E-state index in [-0.39, 0.29) is 11.0 Å². The SMILES string of the molecule is CC(C)Oc1ccc(Br)cc1C(C)NC(=O)NS(=O)(=O)c1ccccc1. The largest absolute Gasteiger partial charge is 0.491 e.